The Morgan fingerprint density at radius 3 is 2.15 bits per heavy atom. The zero-order chi connectivity index (χ0) is 9.90. The molecule has 0 saturated carbocycles. The van der Waals surface area contributed by atoms with E-state index < -0.39 is 9.70 Å². The van der Waals surface area contributed by atoms with Gasteiger partial charge < -0.3 is 0 Å². The molecule has 5 heteroatoms. The molecule has 0 aliphatic rings. The van der Waals surface area contributed by atoms with Crippen molar-refractivity contribution in [2.24, 2.45) is 0 Å². The second-order valence-corrected chi connectivity index (χ2v) is 4.53. The normalized spacial score (nSPS) is 11.0. The van der Waals surface area contributed by atoms with Crippen molar-refractivity contribution in [3.63, 3.8) is 0 Å². The average molecular weight is 237 g/mol. The van der Waals surface area contributed by atoms with E-state index in [0.717, 1.165) is 0 Å². The summed E-state index contributed by atoms with van der Waals surface area (Å²) in [7, 11) is 0. The van der Waals surface area contributed by atoms with Crippen LogP contribution in [0.4, 0.5) is 5.69 Å². The average Bonchev–Trinajstić information content (AvgIpc) is 2.04. The minimum absolute atomic E-state index is 0.471. The topological polar surface area (TPSA) is 31.2 Å². The Morgan fingerprint density at radius 1 is 1.15 bits per heavy atom. The van der Waals surface area contributed by atoms with Crippen LogP contribution in [-0.2, 0) is 4.79 Å². The van der Waals surface area contributed by atoms with Crippen LogP contribution in [0.2, 0.25) is 0 Å². The van der Waals surface area contributed by atoms with Gasteiger partial charge in [-0.15, -0.1) is 0 Å². The maximum absolute atomic E-state index is 11.1. The first-order valence-corrected chi connectivity index (χ1v) is 4.51. The summed E-state index contributed by atoms with van der Waals surface area (Å²) in [4.78, 5) is 11.1. The monoisotopic (exact) mass is 236 g/mol. The fourth-order valence-corrected chi connectivity index (χ4v) is 0.810. The van der Waals surface area contributed by atoms with E-state index in [4.69, 9.17) is 34.8 Å². The lowest BCUT2D eigenvalue weighted by Gasteiger charge is -2.07. The van der Waals surface area contributed by atoms with Crippen LogP contribution in [0.3, 0.4) is 0 Å². The molecule has 0 atom stereocenters. The van der Waals surface area contributed by atoms with Crippen molar-refractivity contribution in [3.8, 4) is 0 Å². The first-order valence-electron chi connectivity index (χ1n) is 3.38. The van der Waals surface area contributed by atoms with Crippen molar-refractivity contribution in [1.29, 1.82) is 0 Å². The number of para-hydroxylation sites is 1. The van der Waals surface area contributed by atoms with Gasteiger partial charge in [0.15, 0.2) is 0 Å². The van der Waals surface area contributed by atoms with Crippen molar-refractivity contribution in [2.45, 2.75) is 3.79 Å². The number of hydrogen-bond acceptors (Lipinski definition) is 1. The summed E-state index contributed by atoms with van der Waals surface area (Å²) < 4.78 is -1.98. The van der Waals surface area contributed by atoms with Crippen LogP contribution in [-0.4, -0.2) is 9.70 Å². The van der Waals surface area contributed by atoms with Crippen LogP contribution in [0.5, 0.6) is 0 Å². The third-order valence-electron chi connectivity index (χ3n) is 1.23. The van der Waals surface area contributed by atoms with Crippen molar-refractivity contribution >= 4 is 46.4 Å². The van der Waals surface area contributed by atoms with Crippen LogP contribution in [0, 0.1) is 0 Å². The van der Waals surface area contributed by atoms with Crippen molar-refractivity contribution in [2.75, 3.05) is 0 Å². The molecule has 0 aliphatic carbocycles. The maximum Gasteiger partial charge on any atom is 0.298 e. The highest BCUT2D eigenvalue weighted by Gasteiger charge is 2.31. The number of halogens is 3. The fraction of sp³-hybridized carbons (Fsp3) is 0.125. The van der Waals surface area contributed by atoms with Gasteiger partial charge in [0.2, 0.25) is 0 Å². The molecule has 0 saturated heterocycles. The molecule has 1 aromatic carbocycles. The molecule has 0 spiro atoms. The summed E-state index contributed by atoms with van der Waals surface area (Å²) in [6.07, 6.45) is 0. The molecule has 69 valence electrons. The van der Waals surface area contributed by atoms with E-state index in [9.17, 15) is 4.79 Å². The summed E-state index contributed by atoms with van der Waals surface area (Å²) in [5.74, 6) is -0.788. The standard InChI is InChI=1S/C8H5Cl3NO/c9-8(10,11)7(13)12-6-4-2-1-3-5-6/h1-5H. The van der Waals surface area contributed by atoms with E-state index in [2.05, 4.69) is 5.32 Å². The summed E-state index contributed by atoms with van der Waals surface area (Å²) >= 11 is 16.0. The summed E-state index contributed by atoms with van der Waals surface area (Å²) in [6, 6.07) is 8.58. The van der Waals surface area contributed by atoms with Crippen LogP contribution < -0.4 is 5.32 Å². The lowest BCUT2D eigenvalue weighted by molar-refractivity contribution is -0.119. The zero-order valence-electron chi connectivity index (χ0n) is 6.38. The molecule has 2 nitrogen and oxygen atoms in total. The van der Waals surface area contributed by atoms with E-state index in [0.29, 0.717) is 5.69 Å². The van der Waals surface area contributed by atoms with Crippen LogP contribution in [0.1, 0.15) is 0 Å². The summed E-state index contributed by atoms with van der Waals surface area (Å²) in [5.41, 5.74) is 0.471. The van der Waals surface area contributed by atoms with Gasteiger partial charge in [-0.1, -0.05) is 53.0 Å². The molecule has 0 unspecified atom stereocenters. The highest BCUT2D eigenvalue weighted by molar-refractivity contribution is 6.76. The summed E-state index contributed by atoms with van der Waals surface area (Å²) in [6.45, 7) is 0. The van der Waals surface area contributed by atoms with Crippen molar-refractivity contribution in [1.82, 2.24) is 5.32 Å². The van der Waals surface area contributed by atoms with E-state index >= 15 is 0 Å². The van der Waals surface area contributed by atoms with Gasteiger partial charge >= 0.3 is 0 Å². The quantitative estimate of drug-likeness (QED) is 0.691. The second kappa shape index (κ2) is 4.18. The van der Waals surface area contributed by atoms with Gasteiger partial charge in [0.05, 0.1) is 5.69 Å². The van der Waals surface area contributed by atoms with Gasteiger partial charge in [-0.3, -0.25) is 4.79 Å². The van der Waals surface area contributed by atoms with Gasteiger partial charge in [0.1, 0.15) is 0 Å². The van der Waals surface area contributed by atoms with E-state index in [1.807, 2.05) is 0 Å². The lowest BCUT2D eigenvalue weighted by Crippen LogP contribution is -2.26. The molecular formula is C8H5Cl3NO. The van der Waals surface area contributed by atoms with Crippen LogP contribution in [0.15, 0.2) is 30.3 Å². The molecule has 0 N–H and O–H groups in total. The molecule has 0 bridgehead atoms. The molecule has 1 rings (SSSR count). The fourth-order valence-electron chi connectivity index (χ4n) is 0.683. The van der Waals surface area contributed by atoms with Gasteiger partial charge in [-0.25, -0.2) is 5.32 Å². The Hall–Kier alpha value is -0.440. The third-order valence-corrected chi connectivity index (χ3v) is 1.71. The van der Waals surface area contributed by atoms with Crippen molar-refractivity contribution < 1.29 is 4.79 Å². The van der Waals surface area contributed by atoms with Crippen LogP contribution >= 0.6 is 34.8 Å². The van der Waals surface area contributed by atoms with Crippen LogP contribution in [0.25, 0.3) is 0 Å². The Kier molecular flexibility index (Phi) is 3.42. The van der Waals surface area contributed by atoms with E-state index in [1.165, 1.54) is 0 Å². The first kappa shape index (κ1) is 10.6. The number of hydrogen-bond donors (Lipinski definition) is 0. The minimum atomic E-state index is -1.98. The van der Waals surface area contributed by atoms with Gasteiger partial charge in [0.25, 0.3) is 9.70 Å². The predicted molar refractivity (Wildman–Crippen MR) is 53.5 cm³/mol. The molecule has 0 heterocycles. The highest BCUT2D eigenvalue weighted by Crippen LogP contribution is 2.27. The molecular weight excluding hydrogens is 232 g/mol. The Balaban J connectivity index is 2.66. The Labute approximate surface area is 90.8 Å². The number of rotatable bonds is 1. The van der Waals surface area contributed by atoms with Gasteiger partial charge in [0, 0.05) is 0 Å². The SMILES string of the molecule is O=C([N]c1ccccc1)C(Cl)(Cl)Cl. The second-order valence-electron chi connectivity index (χ2n) is 2.25. The lowest BCUT2D eigenvalue weighted by atomic mass is 10.3. The smallest absolute Gasteiger partial charge is 0.268 e. The number of carbonyl (C=O) groups is 1. The largest absolute Gasteiger partial charge is 0.298 e. The predicted octanol–water partition coefficient (Wildman–Crippen LogP) is 2.82. The molecule has 1 amide bonds. The Morgan fingerprint density at radius 2 is 1.69 bits per heavy atom. The highest BCUT2D eigenvalue weighted by atomic mass is 35.6. The molecule has 13 heavy (non-hydrogen) atoms. The zero-order valence-corrected chi connectivity index (χ0v) is 8.64. The van der Waals surface area contributed by atoms with E-state index in [-0.39, 0.29) is 0 Å². The van der Waals surface area contributed by atoms with Crippen molar-refractivity contribution in [3.05, 3.63) is 30.3 Å². The number of nitrogens with zero attached hydrogens (tertiary/aromatic N) is 1. The maximum atomic E-state index is 11.1. The van der Waals surface area contributed by atoms with Gasteiger partial charge in [-0.05, 0) is 12.1 Å². The minimum Gasteiger partial charge on any atom is -0.268 e. The number of benzene rings is 1. The molecule has 0 aliphatic heterocycles. The molecule has 0 aromatic heterocycles. The van der Waals surface area contributed by atoms with Gasteiger partial charge in [-0.2, -0.15) is 0 Å². The summed E-state index contributed by atoms with van der Waals surface area (Å²) in [5, 5.41) is 3.60. The number of carbonyl (C=O) groups excluding carboxylic acids is 1. The molecule has 0 fully saturated rings. The molecule has 1 radical (unpaired) electrons. The van der Waals surface area contributed by atoms with E-state index in [1.54, 1.807) is 30.3 Å². The first-order chi connectivity index (χ1) is 6.00. The number of amides is 1. The molecule has 1 aromatic rings. The Bertz CT molecular complexity index is 294. The third kappa shape index (κ3) is 3.43. The number of alkyl halides is 3.